The lowest BCUT2D eigenvalue weighted by Gasteiger charge is -2.29. The van der Waals surface area contributed by atoms with Gasteiger partial charge in [-0.3, -0.25) is 4.90 Å². The van der Waals surface area contributed by atoms with E-state index in [0.717, 1.165) is 16.5 Å². The summed E-state index contributed by atoms with van der Waals surface area (Å²) >= 11 is 0. The molecule has 0 saturated heterocycles. The monoisotopic (exact) mass is 348 g/mol. The number of hydrogen-bond acceptors (Lipinski definition) is 4. The van der Waals surface area contributed by atoms with Crippen LogP contribution in [0.5, 0.6) is 11.5 Å². The van der Waals surface area contributed by atoms with E-state index < -0.39 is 0 Å². The van der Waals surface area contributed by atoms with Gasteiger partial charge in [0, 0.05) is 17.0 Å². The SMILES string of the molecule is COc1cc2c(cc1OC)NC(=O)N(c1cc3cc(C#N)ccc3[nH]1)C2. The summed E-state index contributed by atoms with van der Waals surface area (Å²) in [6.45, 7) is 0.388. The summed E-state index contributed by atoms with van der Waals surface area (Å²) in [5.41, 5.74) is 3.06. The highest BCUT2D eigenvalue weighted by Gasteiger charge is 2.26. The van der Waals surface area contributed by atoms with Crippen LogP contribution in [0.1, 0.15) is 11.1 Å². The van der Waals surface area contributed by atoms with Crippen molar-refractivity contribution in [2.45, 2.75) is 6.54 Å². The van der Waals surface area contributed by atoms with Crippen molar-refractivity contribution < 1.29 is 14.3 Å². The number of anilines is 2. The smallest absolute Gasteiger partial charge is 0.327 e. The first-order valence-electron chi connectivity index (χ1n) is 7.99. The Morgan fingerprint density at radius 2 is 1.88 bits per heavy atom. The predicted molar refractivity (Wildman–Crippen MR) is 97.8 cm³/mol. The molecule has 7 nitrogen and oxygen atoms in total. The summed E-state index contributed by atoms with van der Waals surface area (Å²) in [6, 6.07) is 12.7. The third-order valence-corrected chi connectivity index (χ3v) is 4.45. The van der Waals surface area contributed by atoms with Gasteiger partial charge in [0.15, 0.2) is 11.5 Å². The molecule has 0 spiro atoms. The number of aromatic nitrogens is 1. The number of fused-ring (bicyclic) bond motifs is 2. The van der Waals surface area contributed by atoms with E-state index in [9.17, 15) is 4.79 Å². The predicted octanol–water partition coefficient (Wildman–Crippen LogP) is 3.61. The molecule has 0 aliphatic carbocycles. The minimum Gasteiger partial charge on any atom is -0.493 e. The number of carbonyl (C=O) groups excluding carboxylic acids is 1. The van der Waals surface area contributed by atoms with Gasteiger partial charge < -0.3 is 19.8 Å². The third kappa shape index (κ3) is 2.48. The van der Waals surface area contributed by atoms with Crippen molar-refractivity contribution in [1.82, 2.24) is 4.98 Å². The van der Waals surface area contributed by atoms with Gasteiger partial charge >= 0.3 is 6.03 Å². The molecular formula is C19H16N4O3. The molecule has 0 unspecified atom stereocenters. The van der Waals surface area contributed by atoms with Gasteiger partial charge in [0.2, 0.25) is 0 Å². The van der Waals surface area contributed by atoms with E-state index in [1.54, 1.807) is 37.3 Å². The Hall–Kier alpha value is -3.66. The van der Waals surface area contributed by atoms with Gasteiger partial charge in [-0.15, -0.1) is 0 Å². The molecule has 0 bridgehead atoms. The maximum absolute atomic E-state index is 12.6. The van der Waals surface area contributed by atoms with Gasteiger partial charge in [-0.2, -0.15) is 5.26 Å². The van der Waals surface area contributed by atoms with Crippen LogP contribution in [-0.4, -0.2) is 25.2 Å². The lowest BCUT2D eigenvalue weighted by atomic mass is 10.1. The Labute approximate surface area is 149 Å². The molecule has 2 aromatic carbocycles. The summed E-state index contributed by atoms with van der Waals surface area (Å²) in [4.78, 5) is 17.4. The summed E-state index contributed by atoms with van der Waals surface area (Å²) in [5, 5.41) is 12.8. The summed E-state index contributed by atoms with van der Waals surface area (Å²) < 4.78 is 10.6. The maximum Gasteiger partial charge on any atom is 0.327 e. The van der Waals surface area contributed by atoms with Crippen LogP contribution < -0.4 is 19.7 Å². The zero-order valence-electron chi connectivity index (χ0n) is 14.3. The average Bonchev–Trinajstić information content (AvgIpc) is 3.09. The molecule has 7 heteroatoms. The Kier molecular flexibility index (Phi) is 3.66. The van der Waals surface area contributed by atoms with Crippen LogP contribution in [0.3, 0.4) is 0 Å². The molecule has 0 radical (unpaired) electrons. The Bertz CT molecular complexity index is 1060. The van der Waals surface area contributed by atoms with Gasteiger partial charge in [-0.25, -0.2) is 4.79 Å². The molecule has 1 aliphatic rings. The maximum atomic E-state index is 12.6. The first-order chi connectivity index (χ1) is 12.6. The van der Waals surface area contributed by atoms with E-state index >= 15 is 0 Å². The third-order valence-electron chi connectivity index (χ3n) is 4.45. The standard InChI is InChI=1S/C19H16N4O3/c1-25-16-6-13-10-23(19(24)22-15(13)8-17(16)26-2)18-7-12-5-11(9-20)3-4-14(12)21-18/h3-8,21H,10H2,1-2H3,(H,22,24). The van der Waals surface area contributed by atoms with Crippen LogP contribution >= 0.6 is 0 Å². The van der Waals surface area contributed by atoms with Gasteiger partial charge in [0.25, 0.3) is 0 Å². The molecule has 2 N–H and O–H groups in total. The zero-order chi connectivity index (χ0) is 18.3. The number of ether oxygens (including phenoxy) is 2. The van der Waals surface area contributed by atoms with Gasteiger partial charge in [0.1, 0.15) is 5.82 Å². The van der Waals surface area contributed by atoms with E-state index in [1.165, 1.54) is 0 Å². The Balaban J connectivity index is 1.73. The number of nitriles is 1. The van der Waals surface area contributed by atoms with Crippen LogP contribution in [-0.2, 0) is 6.54 Å². The first-order valence-corrected chi connectivity index (χ1v) is 7.99. The number of carbonyl (C=O) groups is 1. The van der Waals surface area contributed by atoms with E-state index in [2.05, 4.69) is 16.4 Å². The van der Waals surface area contributed by atoms with Crippen molar-refractivity contribution in [2.24, 2.45) is 0 Å². The van der Waals surface area contributed by atoms with Gasteiger partial charge in [-0.05, 0) is 35.9 Å². The van der Waals surface area contributed by atoms with Crippen molar-refractivity contribution in [2.75, 3.05) is 24.4 Å². The number of amides is 2. The zero-order valence-corrected chi connectivity index (χ0v) is 14.3. The number of rotatable bonds is 3. The first kappa shape index (κ1) is 15.8. The highest BCUT2D eigenvalue weighted by Crippen LogP contribution is 2.37. The number of hydrogen-bond donors (Lipinski definition) is 2. The molecule has 4 rings (SSSR count). The number of urea groups is 1. The number of benzene rings is 2. The second-order valence-electron chi connectivity index (χ2n) is 5.95. The highest BCUT2D eigenvalue weighted by atomic mass is 16.5. The molecule has 2 heterocycles. The van der Waals surface area contributed by atoms with Crippen molar-refractivity contribution in [3.05, 3.63) is 47.5 Å². The van der Waals surface area contributed by atoms with Gasteiger partial charge in [0.05, 0.1) is 38.1 Å². The fourth-order valence-electron chi connectivity index (χ4n) is 3.12. The summed E-state index contributed by atoms with van der Waals surface area (Å²) in [6.07, 6.45) is 0. The van der Waals surface area contributed by atoms with E-state index in [1.807, 2.05) is 18.2 Å². The largest absolute Gasteiger partial charge is 0.493 e. The molecule has 3 aromatic rings. The average molecular weight is 348 g/mol. The van der Waals surface area contributed by atoms with Crippen LogP contribution in [0, 0.1) is 11.3 Å². The quantitative estimate of drug-likeness (QED) is 0.756. The Morgan fingerprint density at radius 1 is 1.12 bits per heavy atom. The van der Waals surface area contributed by atoms with E-state index in [0.29, 0.717) is 35.1 Å². The molecular weight excluding hydrogens is 332 g/mol. The topological polar surface area (TPSA) is 90.4 Å². The summed E-state index contributed by atoms with van der Waals surface area (Å²) in [5.74, 6) is 1.83. The fourth-order valence-corrected chi connectivity index (χ4v) is 3.12. The van der Waals surface area contributed by atoms with Crippen molar-refractivity contribution in [3.63, 3.8) is 0 Å². The molecule has 0 atom stereocenters. The number of nitrogens with one attached hydrogen (secondary N) is 2. The lowest BCUT2D eigenvalue weighted by molar-refractivity contribution is 0.256. The second-order valence-corrected chi connectivity index (χ2v) is 5.95. The number of methoxy groups -OCH3 is 2. The van der Waals surface area contributed by atoms with E-state index in [4.69, 9.17) is 14.7 Å². The van der Waals surface area contributed by atoms with Crippen molar-refractivity contribution >= 4 is 28.4 Å². The second kappa shape index (κ2) is 6.01. The van der Waals surface area contributed by atoms with Gasteiger partial charge in [-0.1, -0.05) is 0 Å². The lowest BCUT2D eigenvalue weighted by Crippen LogP contribution is -2.38. The molecule has 1 aliphatic heterocycles. The number of aromatic amines is 1. The van der Waals surface area contributed by atoms with Crippen molar-refractivity contribution in [3.8, 4) is 17.6 Å². The molecule has 130 valence electrons. The van der Waals surface area contributed by atoms with Crippen LogP contribution in [0.15, 0.2) is 36.4 Å². The van der Waals surface area contributed by atoms with Crippen LogP contribution in [0.4, 0.5) is 16.3 Å². The molecule has 1 aromatic heterocycles. The molecule has 2 amide bonds. The van der Waals surface area contributed by atoms with Crippen molar-refractivity contribution in [1.29, 1.82) is 5.26 Å². The van der Waals surface area contributed by atoms with Crippen LogP contribution in [0.25, 0.3) is 10.9 Å². The minimum absolute atomic E-state index is 0.239. The minimum atomic E-state index is -0.239. The summed E-state index contributed by atoms with van der Waals surface area (Å²) in [7, 11) is 3.13. The number of H-pyrrole nitrogens is 1. The number of nitrogens with zero attached hydrogens (tertiary/aromatic N) is 2. The fraction of sp³-hybridized carbons (Fsp3) is 0.158. The van der Waals surface area contributed by atoms with Crippen LogP contribution in [0.2, 0.25) is 0 Å². The highest BCUT2D eigenvalue weighted by molar-refractivity contribution is 6.05. The molecule has 0 fully saturated rings. The molecule has 0 saturated carbocycles. The Morgan fingerprint density at radius 3 is 2.62 bits per heavy atom. The normalized spacial score (nSPS) is 13.1. The molecule has 26 heavy (non-hydrogen) atoms. The van der Waals surface area contributed by atoms with E-state index in [-0.39, 0.29) is 6.03 Å².